The van der Waals surface area contributed by atoms with Crippen molar-refractivity contribution in [3.8, 4) is 0 Å². The van der Waals surface area contributed by atoms with E-state index in [4.69, 9.17) is 0 Å². The first-order chi connectivity index (χ1) is 10.1. The Morgan fingerprint density at radius 1 is 1.14 bits per heavy atom. The van der Waals surface area contributed by atoms with E-state index in [0.29, 0.717) is 0 Å². The largest absolute Gasteiger partial charge is 0.386 e. The van der Waals surface area contributed by atoms with E-state index in [-0.39, 0.29) is 5.54 Å². The molecule has 1 N–H and O–H groups in total. The predicted molar refractivity (Wildman–Crippen MR) is 86.2 cm³/mol. The first-order valence-corrected chi connectivity index (χ1v) is 7.87. The second kappa shape index (κ2) is 5.74. The van der Waals surface area contributed by atoms with E-state index >= 15 is 0 Å². The number of aliphatic hydroxyl groups is 1. The average Bonchev–Trinajstić information content (AvgIpc) is 2.54. The first kappa shape index (κ1) is 14.5. The summed E-state index contributed by atoms with van der Waals surface area (Å²) >= 11 is 0. The molecule has 3 heteroatoms. The Bertz CT molecular complexity index is 617. The first-order valence-electron chi connectivity index (χ1n) is 7.87. The number of aromatic nitrogens is 1. The Balaban J connectivity index is 1.89. The number of fused-ring (bicyclic) bond motifs is 1. The third kappa shape index (κ3) is 2.81. The quantitative estimate of drug-likeness (QED) is 0.936. The van der Waals surface area contributed by atoms with Crippen molar-refractivity contribution in [2.24, 2.45) is 0 Å². The molecule has 2 aromatic rings. The lowest BCUT2D eigenvalue weighted by Gasteiger charge is -2.44. The van der Waals surface area contributed by atoms with Crippen molar-refractivity contribution < 1.29 is 5.11 Å². The third-order valence-corrected chi connectivity index (χ3v) is 4.78. The number of benzene rings is 1. The van der Waals surface area contributed by atoms with Gasteiger partial charge in [-0.3, -0.25) is 9.88 Å². The lowest BCUT2D eigenvalue weighted by Crippen LogP contribution is -2.50. The second-order valence-corrected chi connectivity index (χ2v) is 6.56. The van der Waals surface area contributed by atoms with Gasteiger partial charge in [0.25, 0.3) is 0 Å². The molecule has 21 heavy (non-hydrogen) atoms. The summed E-state index contributed by atoms with van der Waals surface area (Å²) in [6.45, 7) is 6.46. The zero-order chi connectivity index (χ0) is 14.9. The monoisotopic (exact) mass is 284 g/mol. The zero-order valence-electron chi connectivity index (χ0n) is 12.9. The van der Waals surface area contributed by atoms with Crippen LogP contribution >= 0.6 is 0 Å². The number of hydrogen-bond acceptors (Lipinski definition) is 3. The summed E-state index contributed by atoms with van der Waals surface area (Å²) in [6.07, 6.45) is 5.09. The minimum absolute atomic E-state index is 0.240. The number of rotatable bonds is 3. The molecule has 0 saturated carbocycles. The van der Waals surface area contributed by atoms with Gasteiger partial charge in [0.1, 0.15) is 0 Å². The van der Waals surface area contributed by atoms with E-state index in [2.05, 4.69) is 29.8 Å². The maximum absolute atomic E-state index is 10.9. The summed E-state index contributed by atoms with van der Waals surface area (Å²) in [4.78, 5) is 6.77. The topological polar surface area (TPSA) is 36.4 Å². The normalized spacial score (nSPS) is 18.8. The van der Waals surface area contributed by atoms with Crippen LogP contribution in [0, 0.1) is 0 Å². The van der Waals surface area contributed by atoms with Gasteiger partial charge in [-0.1, -0.05) is 18.6 Å². The van der Waals surface area contributed by atoms with Crippen molar-refractivity contribution in [3.05, 3.63) is 42.1 Å². The Labute approximate surface area is 126 Å². The fourth-order valence-corrected chi connectivity index (χ4v) is 3.32. The van der Waals surface area contributed by atoms with E-state index in [0.717, 1.165) is 29.6 Å². The lowest BCUT2D eigenvalue weighted by atomic mass is 9.87. The summed E-state index contributed by atoms with van der Waals surface area (Å²) < 4.78 is 0. The molecule has 1 aromatic heterocycles. The molecule has 1 saturated heterocycles. The number of pyridine rings is 1. The van der Waals surface area contributed by atoms with Crippen LogP contribution in [0.5, 0.6) is 0 Å². The highest BCUT2D eigenvalue weighted by Gasteiger charge is 2.35. The number of nitrogens with zero attached hydrogens (tertiary/aromatic N) is 2. The molecule has 3 nitrogen and oxygen atoms in total. The molecule has 1 fully saturated rings. The van der Waals surface area contributed by atoms with E-state index in [9.17, 15) is 5.11 Å². The van der Waals surface area contributed by atoms with Gasteiger partial charge in [0.2, 0.25) is 0 Å². The smallest absolute Gasteiger partial charge is 0.0968 e. The summed E-state index contributed by atoms with van der Waals surface area (Å²) in [5, 5.41) is 12.0. The Kier molecular flexibility index (Phi) is 3.96. The van der Waals surface area contributed by atoms with Crippen LogP contribution in [0.1, 0.15) is 44.8 Å². The van der Waals surface area contributed by atoms with Crippen LogP contribution in [-0.4, -0.2) is 33.6 Å². The van der Waals surface area contributed by atoms with E-state index in [1.807, 2.05) is 24.3 Å². The van der Waals surface area contributed by atoms with Crippen LogP contribution < -0.4 is 0 Å². The number of piperidine rings is 1. The standard InChI is InChI=1S/C18H24N2O/c1-18(2,20-11-4-3-5-12-20)17(21)15-8-9-16-14(13-15)7-6-10-19-16/h6-10,13,17,21H,3-5,11-12H2,1-2H3. The maximum atomic E-state index is 10.9. The van der Waals surface area contributed by atoms with Gasteiger partial charge < -0.3 is 5.11 Å². The number of hydrogen-bond donors (Lipinski definition) is 1. The minimum Gasteiger partial charge on any atom is -0.386 e. The molecule has 0 radical (unpaired) electrons. The second-order valence-electron chi connectivity index (χ2n) is 6.56. The summed E-state index contributed by atoms with van der Waals surface area (Å²) in [7, 11) is 0. The van der Waals surface area contributed by atoms with Crippen molar-refractivity contribution in [1.82, 2.24) is 9.88 Å². The molecule has 0 amide bonds. The highest BCUT2D eigenvalue weighted by molar-refractivity contribution is 5.79. The van der Waals surface area contributed by atoms with Gasteiger partial charge in [0, 0.05) is 17.1 Å². The molecular weight excluding hydrogens is 260 g/mol. The van der Waals surface area contributed by atoms with Crippen molar-refractivity contribution in [2.75, 3.05) is 13.1 Å². The van der Waals surface area contributed by atoms with Crippen molar-refractivity contribution >= 4 is 10.9 Å². The fraction of sp³-hybridized carbons (Fsp3) is 0.500. The van der Waals surface area contributed by atoms with Crippen LogP contribution in [0.3, 0.4) is 0 Å². The van der Waals surface area contributed by atoms with Gasteiger partial charge in [0.15, 0.2) is 0 Å². The Hall–Kier alpha value is -1.45. The molecule has 1 atom stereocenters. The van der Waals surface area contributed by atoms with Crippen LogP contribution in [-0.2, 0) is 0 Å². The molecule has 0 spiro atoms. The maximum Gasteiger partial charge on any atom is 0.0968 e. The van der Waals surface area contributed by atoms with Crippen molar-refractivity contribution in [2.45, 2.75) is 44.8 Å². The van der Waals surface area contributed by atoms with E-state index in [1.165, 1.54) is 19.3 Å². The number of likely N-dealkylation sites (tertiary alicyclic amines) is 1. The molecule has 1 aliphatic heterocycles. The van der Waals surface area contributed by atoms with Crippen molar-refractivity contribution in [1.29, 1.82) is 0 Å². The molecular formula is C18H24N2O. The third-order valence-electron chi connectivity index (χ3n) is 4.78. The van der Waals surface area contributed by atoms with Gasteiger partial charge in [-0.15, -0.1) is 0 Å². The molecule has 2 heterocycles. The van der Waals surface area contributed by atoms with Crippen LogP contribution in [0.4, 0.5) is 0 Å². The predicted octanol–water partition coefficient (Wildman–Crippen LogP) is 3.53. The molecule has 1 unspecified atom stereocenters. The van der Waals surface area contributed by atoms with Crippen LogP contribution in [0.2, 0.25) is 0 Å². The molecule has 3 rings (SSSR count). The van der Waals surface area contributed by atoms with Gasteiger partial charge in [-0.05, 0) is 63.5 Å². The van der Waals surface area contributed by atoms with Gasteiger partial charge >= 0.3 is 0 Å². The van der Waals surface area contributed by atoms with Crippen molar-refractivity contribution in [3.63, 3.8) is 0 Å². The number of aliphatic hydroxyl groups excluding tert-OH is 1. The highest BCUT2D eigenvalue weighted by atomic mass is 16.3. The van der Waals surface area contributed by atoms with Gasteiger partial charge in [0.05, 0.1) is 11.6 Å². The summed E-state index contributed by atoms with van der Waals surface area (Å²) in [5.74, 6) is 0. The Morgan fingerprint density at radius 3 is 2.67 bits per heavy atom. The molecule has 0 bridgehead atoms. The molecule has 0 aliphatic carbocycles. The molecule has 1 aromatic carbocycles. The summed E-state index contributed by atoms with van der Waals surface area (Å²) in [6, 6.07) is 10.1. The summed E-state index contributed by atoms with van der Waals surface area (Å²) in [5.41, 5.74) is 1.71. The Morgan fingerprint density at radius 2 is 1.90 bits per heavy atom. The van der Waals surface area contributed by atoms with Gasteiger partial charge in [-0.25, -0.2) is 0 Å². The van der Waals surface area contributed by atoms with Crippen LogP contribution in [0.25, 0.3) is 10.9 Å². The zero-order valence-corrected chi connectivity index (χ0v) is 12.9. The highest BCUT2D eigenvalue weighted by Crippen LogP contribution is 2.33. The fourth-order valence-electron chi connectivity index (χ4n) is 3.32. The van der Waals surface area contributed by atoms with Gasteiger partial charge in [-0.2, -0.15) is 0 Å². The van der Waals surface area contributed by atoms with Crippen LogP contribution in [0.15, 0.2) is 36.5 Å². The molecule has 1 aliphatic rings. The minimum atomic E-state index is -0.486. The van der Waals surface area contributed by atoms with E-state index in [1.54, 1.807) is 6.20 Å². The lowest BCUT2D eigenvalue weighted by molar-refractivity contribution is -0.0208. The van der Waals surface area contributed by atoms with E-state index < -0.39 is 6.10 Å². The molecule has 112 valence electrons. The SMILES string of the molecule is CC(C)(C(O)c1ccc2ncccc2c1)N1CCCCC1. The average molecular weight is 284 g/mol.